The van der Waals surface area contributed by atoms with Crippen molar-refractivity contribution < 1.29 is 23.9 Å². The van der Waals surface area contributed by atoms with Crippen LogP contribution in [0.4, 0.5) is 5.69 Å². The van der Waals surface area contributed by atoms with Crippen molar-refractivity contribution in [3.63, 3.8) is 0 Å². The fourth-order valence-electron chi connectivity index (χ4n) is 6.26. The van der Waals surface area contributed by atoms with Gasteiger partial charge in [0.2, 0.25) is 18.6 Å². The number of hydrogen-bond donors (Lipinski definition) is 0. The van der Waals surface area contributed by atoms with Gasteiger partial charge in [0, 0.05) is 22.9 Å². The quantitative estimate of drug-likeness (QED) is 0.675. The summed E-state index contributed by atoms with van der Waals surface area (Å²) in [5.41, 5.74) is 2.34. The molecule has 0 radical (unpaired) electrons. The number of hydrogen-bond acceptors (Lipinski definition) is 6. The number of oxime groups is 1. The highest BCUT2D eigenvalue weighted by Crippen LogP contribution is 2.62. The van der Waals surface area contributed by atoms with Crippen molar-refractivity contribution in [3.8, 4) is 11.5 Å². The van der Waals surface area contributed by atoms with Crippen LogP contribution < -0.4 is 14.4 Å². The molecule has 8 heteroatoms. The van der Waals surface area contributed by atoms with Gasteiger partial charge in [-0.05, 0) is 42.2 Å². The minimum Gasteiger partial charge on any atom is -0.454 e. The summed E-state index contributed by atoms with van der Waals surface area (Å²) in [4.78, 5) is 34.1. The molecule has 7 rings (SSSR count). The lowest BCUT2D eigenvalue weighted by Gasteiger charge is -2.29. The van der Waals surface area contributed by atoms with E-state index in [0.717, 1.165) is 17.7 Å². The average Bonchev–Trinajstić information content (AvgIpc) is 3.55. The number of anilines is 1. The monoisotopic (exact) mass is 436 g/mol. The number of fused-ring (bicyclic) bond motifs is 9. The van der Waals surface area contributed by atoms with E-state index >= 15 is 0 Å². The first-order chi connectivity index (χ1) is 15.1. The molecule has 3 heterocycles. The molecule has 2 saturated carbocycles. The summed E-state index contributed by atoms with van der Waals surface area (Å²) in [7, 11) is 0. The molecule has 0 spiro atoms. The molecule has 0 aromatic heterocycles. The van der Waals surface area contributed by atoms with E-state index in [-0.39, 0.29) is 54.3 Å². The Morgan fingerprint density at radius 2 is 1.65 bits per heavy atom. The van der Waals surface area contributed by atoms with E-state index in [1.54, 1.807) is 18.2 Å². The summed E-state index contributed by atoms with van der Waals surface area (Å²) in [5.74, 6) is 0.223. The molecule has 1 saturated heterocycles. The number of imide groups is 1. The Kier molecular flexibility index (Phi) is 3.41. The Hall–Kier alpha value is -3.06. The number of amides is 2. The van der Waals surface area contributed by atoms with Gasteiger partial charge in [-0.3, -0.25) is 9.59 Å². The van der Waals surface area contributed by atoms with Crippen LogP contribution in [0.1, 0.15) is 12.0 Å². The predicted octanol–water partition coefficient (Wildman–Crippen LogP) is 3.24. The van der Waals surface area contributed by atoms with Gasteiger partial charge < -0.3 is 14.3 Å². The number of benzene rings is 2. The molecule has 2 aromatic carbocycles. The number of carbonyl (C=O) groups is 2. The van der Waals surface area contributed by atoms with E-state index in [9.17, 15) is 9.59 Å². The number of nitrogens with zero attached hydrogens (tertiary/aromatic N) is 2. The second-order valence-corrected chi connectivity index (χ2v) is 9.18. The lowest BCUT2D eigenvalue weighted by Crippen LogP contribution is -2.41. The molecular formula is C23H17ClN2O5. The Morgan fingerprint density at radius 1 is 0.903 bits per heavy atom. The molecule has 156 valence electrons. The third-order valence-corrected chi connectivity index (χ3v) is 7.70. The third-order valence-electron chi connectivity index (χ3n) is 7.44. The van der Waals surface area contributed by atoms with Crippen LogP contribution in [0.2, 0.25) is 5.02 Å². The summed E-state index contributed by atoms with van der Waals surface area (Å²) in [6, 6.07) is 12.7. The Bertz CT molecular complexity index is 1180. The number of rotatable bonds is 2. The molecule has 2 aliphatic carbocycles. The molecule has 3 fully saturated rings. The van der Waals surface area contributed by atoms with Gasteiger partial charge in [-0.2, -0.15) is 0 Å². The van der Waals surface area contributed by atoms with Crippen LogP contribution in [-0.2, 0) is 14.4 Å². The minimum atomic E-state index is -0.357. The lowest BCUT2D eigenvalue weighted by molar-refractivity contribution is -0.125. The minimum absolute atomic E-state index is 0.0102. The molecule has 2 aromatic rings. The van der Waals surface area contributed by atoms with E-state index in [0.29, 0.717) is 22.2 Å². The maximum Gasteiger partial charge on any atom is 0.238 e. The van der Waals surface area contributed by atoms with E-state index in [2.05, 4.69) is 5.16 Å². The van der Waals surface area contributed by atoms with E-state index < -0.39 is 0 Å². The summed E-state index contributed by atoms with van der Waals surface area (Å²) in [6.07, 6.45) is 0.648. The summed E-state index contributed by atoms with van der Waals surface area (Å²) in [5, 5.41) is 5.02. The number of carbonyl (C=O) groups excluding carboxylic acids is 2. The molecular weight excluding hydrogens is 420 g/mol. The number of ether oxygens (including phenoxy) is 2. The van der Waals surface area contributed by atoms with Gasteiger partial charge >= 0.3 is 0 Å². The molecule has 2 bridgehead atoms. The zero-order valence-corrected chi connectivity index (χ0v) is 17.0. The van der Waals surface area contributed by atoms with E-state index in [1.807, 2.05) is 24.3 Å². The van der Waals surface area contributed by atoms with Crippen molar-refractivity contribution in [2.45, 2.75) is 12.5 Å². The van der Waals surface area contributed by atoms with Crippen LogP contribution in [0.5, 0.6) is 11.5 Å². The fraction of sp³-hybridized carbons (Fsp3) is 0.348. The van der Waals surface area contributed by atoms with Crippen molar-refractivity contribution in [1.29, 1.82) is 0 Å². The lowest BCUT2D eigenvalue weighted by atomic mass is 9.71. The maximum atomic E-state index is 13.5. The van der Waals surface area contributed by atoms with Crippen molar-refractivity contribution >= 4 is 34.8 Å². The summed E-state index contributed by atoms with van der Waals surface area (Å²) >= 11 is 6.03. The molecule has 2 amide bonds. The maximum absolute atomic E-state index is 13.5. The van der Waals surface area contributed by atoms with Crippen LogP contribution in [0.25, 0.3) is 0 Å². The standard InChI is InChI=1S/C23H17ClN2O5/c24-11-3-1-10(2-4-11)20-19-13-8-14(21(19)31-25-20)18-17(13)22(27)26(23(18)28)12-5-6-15-16(7-12)30-9-29-15/h1-7,13-14,17-19,21H,8-9H2/t13-,14+,17-,18+,19-,21-/m1/s1. The molecule has 6 atom stereocenters. The average molecular weight is 437 g/mol. The van der Waals surface area contributed by atoms with Crippen LogP contribution in [0.15, 0.2) is 47.6 Å². The highest BCUT2D eigenvalue weighted by Gasteiger charge is 2.70. The highest BCUT2D eigenvalue weighted by atomic mass is 35.5. The van der Waals surface area contributed by atoms with Gasteiger partial charge in [-0.15, -0.1) is 0 Å². The molecule has 3 aliphatic heterocycles. The first-order valence-electron chi connectivity index (χ1n) is 10.4. The zero-order chi connectivity index (χ0) is 20.9. The third kappa shape index (κ3) is 2.22. The molecule has 31 heavy (non-hydrogen) atoms. The van der Waals surface area contributed by atoms with Crippen molar-refractivity contribution in [3.05, 3.63) is 53.1 Å². The summed E-state index contributed by atoms with van der Waals surface area (Å²) in [6.45, 7) is 0.142. The van der Waals surface area contributed by atoms with Gasteiger partial charge in [-0.1, -0.05) is 28.9 Å². The molecule has 5 aliphatic rings. The van der Waals surface area contributed by atoms with Crippen LogP contribution in [0.3, 0.4) is 0 Å². The van der Waals surface area contributed by atoms with Crippen molar-refractivity contribution in [2.75, 3.05) is 11.7 Å². The van der Waals surface area contributed by atoms with E-state index in [1.165, 1.54) is 4.90 Å². The molecule has 0 unspecified atom stereocenters. The van der Waals surface area contributed by atoms with Crippen molar-refractivity contribution in [2.24, 2.45) is 34.7 Å². The topological polar surface area (TPSA) is 77.4 Å². The first-order valence-corrected chi connectivity index (χ1v) is 10.8. The predicted molar refractivity (Wildman–Crippen MR) is 110 cm³/mol. The van der Waals surface area contributed by atoms with Crippen LogP contribution in [0, 0.1) is 29.6 Å². The SMILES string of the molecule is O=C1[C@@H]2[C@H]3C[C@H]([C@H]4ON=C(c5ccc(Cl)cc5)[C@@H]34)[C@@H]2C(=O)N1c1ccc2c(c1)OCO2. The van der Waals surface area contributed by atoms with Crippen molar-refractivity contribution in [1.82, 2.24) is 0 Å². The Labute approximate surface area is 182 Å². The normalized spacial score (nSPS) is 34.1. The van der Waals surface area contributed by atoms with Gasteiger partial charge in [0.05, 0.1) is 23.2 Å². The summed E-state index contributed by atoms with van der Waals surface area (Å²) < 4.78 is 10.8. The second kappa shape index (κ2) is 6.01. The largest absolute Gasteiger partial charge is 0.454 e. The van der Waals surface area contributed by atoms with Crippen LogP contribution in [-0.4, -0.2) is 30.4 Å². The van der Waals surface area contributed by atoms with Gasteiger partial charge in [0.1, 0.15) is 6.10 Å². The second-order valence-electron chi connectivity index (χ2n) is 8.74. The van der Waals surface area contributed by atoms with Gasteiger partial charge in [0.15, 0.2) is 11.5 Å². The Balaban J connectivity index is 1.23. The first kappa shape index (κ1) is 17.6. The van der Waals surface area contributed by atoms with Gasteiger partial charge in [-0.25, -0.2) is 4.90 Å². The number of halogens is 1. The Morgan fingerprint density at radius 3 is 2.45 bits per heavy atom. The highest BCUT2D eigenvalue weighted by molar-refractivity contribution is 6.30. The van der Waals surface area contributed by atoms with Gasteiger partial charge in [0.25, 0.3) is 0 Å². The van der Waals surface area contributed by atoms with Crippen LogP contribution >= 0.6 is 11.6 Å². The fourth-order valence-corrected chi connectivity index (χ4v) is 6.39. The zero-order valence-electron chi connectivity index (χ0n) is 16.2. The van der Waals surface area contributed by atoms with E-state index in [4.69, 9.17) is 25.9 Å². The molecule has 0 N–H and O–H groups in total. The molecule has 7 nitrogen and oxygen atoms in total. The smallest absolute Gasteiger partial charge is 0.238 e.